The normalized spacial score (nSPS) is 14.6. The number of aliphatic hydroxyl groups is 1. The molecule has 0 spiro atoms. The Morgan fingerprint density at radius 1 is 1.12 bits per heavy atom. The van der Waals surface area contributed by atoms with E-state index in [2.05, 4.69) is 38.1 Å². The number of unbranched alkanes of at least 4 members (excludes halogenated alkanes) is 1. The van der Waals surface area contributed by atoms with Crippen LogP contribution in [0.1, 0.15) is 63.5 Å². The predicted molar refractivity (Wildman–Crippen MR) is 74.4 cm³/mol. The SMILES string of the molecule is CCCCc1ccc(C(C)CC(O)CC)cc1. The van der Waals surface area contributed by atoms with Crippen LogP contribution in [0, 0.1) is 0 Å². The molecule has 1 heteroatoms. The van der Waals surface area contributed by atoms with Crippen molar-refractivity contribution in [2.75, 3.05) is 0 Å². The number of aryl methyl sites for hydroxylation is 1. The third-order valence-electron chi connectivity index (χ3n) is 3.46. The van der Waals surface area contributed by atoms with Crippen LogP contribution >= 0.6 is 0 Å². The second kappa shape index (κ2) is 7.50. The first-order chi connectivity index (χ1) is 8.17. The molecule has 1 rings (SSSR count). The highest BCUT2D eigenvalue weighted by Crippen LogP contribution is 2.22. The van der Waals surface area contributed by atoms with Gasteiger partial charge in [0.05, 0.1) is 6.10 Å². The maximum atomic E-state index is 9.66. The minimum absolute atomic E-state index is 0.162. The van der Waals surface area contributed by atoms with E-state index in [9.17, 15) is 5.11 Å². The molecule has 2 unspecified atom stereocenters. The zero-order valence-corrected chi connectivity index (χ0v) is 11.4. The highest BCUT2D eigenvalue weighted by Gasteiger charge is 2.10. The van der Waals surface area contributed by atoms with Crippen LogP contribution in [0.25, 0.3) is 0 Å². The van der Waals surface area contributed by atoms with Crippen molar-refractivity contribution in [1.29, 1.82) is 0 Å². The summed E-state index contributed by atoms with van der Waals surface area (Å²) in [5.74, 6) is 0.449. The highest BCUT2D eigenvalue weighted by molar-refractivity contribution is 5.25. The van der Waals surface area contributed by atoms with Crippen LogP contribution in [0.2, 0.25) is 0 Å². The van der Waals surface area contributed by atoms with Gasteiger partial charge >= 0.3 is 0 Å². The summed E-state index contributed by atoms with van der Waals surface area (Å²) in [6.07, 6.45) is 5.25. The molecule has 0 radical (unpaired) electrons. The number of rotatable bonds is 7. The van der Waals surface area contributed by atoms with E-state index in [4.69, 9.17) is 0 Å². The Morgan fingerprint density at radius 2 is 1.76 bits per heavy atom. The molecule has 2 atom stereocenters. The van der Waals surface area contributed by atoms with Gasteiger partial charge in [0.15, 0.2) is 0 Å². The molecule has 0 aliphatic rings. The first-order valence-corrected chi connectivity index (χ1v) is 6.94. The molecular formula is C16H26O. The van der Waals surface area contributed by atoms with Crippen LogP contribution in [0.3, 0.4) is 0 Å². The van der Waals surface area contributed by atoms with Crippen molar-refractivity contribution >= 4 is 0 Å². The molecule has 0 aliphatic heterocycles. The highest BCUT2D eigenvalue weighted by atomic mass is 16.3. The standard InChI is InChI=1S/C16H26O/c1-4-6-7-14-8-10-15(11-9-14)13(3)12-16(17)5-2/h8-11,13,16-17H,4-7,12H2,1-3H3. The van der Waals surface area contributed by atoms with Gasteiger partial charge in [-0.1, -0.05) is 51.5 Å². The molecular weight excluding hydrogens is 208 g/mol. The number of hydrogen-bond donors (Lipinski definition) is 1. The van der Waals surface area contributed by atoms with Gasteiger partial charge in [-0.25, -0.2) is 0 Å². The Labute approximate surface area is 106 Å². The fraction of sp³-hybridized carbons (Fsp3) is 0.625. The Balaban J connectivity index is 2.54. The molecule has 17 heavy (non-hydrogen) atoms. The zero-order chi connectivity index (χ0) is 12.7. The van der Waals surface area contributed by atoms with Crippen molar-refractivity contribution in [2.24, 2.45) is 0 Å². The summed E-state index contributed by atoms with van der Waals surface area (Å²) in [5, 5.41) is 9.66. The molecule has 96 valence electrons. The monoisotopic (exact) mass is 234 g/mol. The van der Waals surface area contributed by atoms with Crippen molar-refractivity contribution in [3.8, 4) is 0 Å². The van der Waals surface area contributed by atoms with Gasteiger partial charge in [-0.3, -0.25) is 0 Å². The lowest BCUT2D eigenvalue weighted by Crippen LogP contribution is -2.09. The average Bonchev–Trinajstić information content (AvgIpc) is 2.36. The molecule has 1 aromatic carbocycles. The maximum absolute atomic E-state index is 9.66. The maximum Gasteiger partial charge on any atom is 0.0543 e. The van der Waals surface area contributed by atoms with Gasteiger partial charge in [0.25, 0.3) is 0 Å². The number of aliphatic hydroxyl groups excluding tert-OH is 1. The van der Waals surface area contributed by atoms with Gasteiger partial charge in [-0.15, -0.1) is 0 Å². The minimum Gasteiger partial charge on any atom is -0.393 e. The van der Waals surface area contributed by atoms with Crippen LogP contribution in [-0.2, 0) is 6.42 Å². The lowest BCUT2D eigenvalue weighted by Gasteiger charge is -2.15. The number of hydrogen-bond acceptors (Lipinski definition) is 1. The molecule has 1 nitrogen and oxygen atoms in total. The molecule has 0 saturated heterocycles. The van der Waals surface area contributed by atoms with E-state index in [1.807, 2.05) is 6.92 Å². The van der Waals surface area contributed by atoms with Gasteiger partial charge in [0.1, 0.15) is 0 Å². The van der Waals surface area contributed by atoms with Gasteiger partial charge < -0.3 is 5.11 Å². The Hall–Kier alpha value is -0.820. The number of benzene rings is 1. The average molecular weight is 234 g/mol. The predicted octanol–water partition coefficient (Wildman–Crippen LogP) is 4.29. The van der Waals surface area contributed by atoms with Crippen molar-refractivity contribution in [3.63, 3.8) is 0 Å². The van der Waals surface area contributed by atoms with Crippen LogP contribution in [0.4, 0.5) is 0 Å². The summed E-state index contributed by atoms with van der Waals surface area (Å²) in [6.45, 7) is 6.45. The summed E-state index contributed by atoms with van der Waals surface area (Å²) in [5.41, 5.74) is 2.77. The molecule has 0 bridgehead atoms. The van der Waals surface area contributed by atoms with Gasteiger partial charge in [0.2, 0.25) is 0 Å². The topological polar surface area (TPSA) is 20.2 Å². The molecule has 0 aliphatic carbocycles. The van der Waals surface area contributed by atoms with Gasteiger partial charge in [-0.2, -0.15) is 0 Å². The summed E-state index contributed by atoms with van der Waals surface area (Å²) in [4.78, 5) is 0. The molecule has 0 fully saturated rings. The first-order valence-electron chi connectivity index (χ1n) is 6.94. The van der Waals surface area contributed by atoms with E-state index in [-0.39, 0.29) is 6.10 Å². The van der Waals surface area contributed by atoms with Gasteiger partial charge in [0, 0.05) is 0 Å². The van der Waals surface area contributed by atoms with E-state index in [0.29, 0.717) is 5.92 Å². The Kier molecular flexibility index (Phi) is 6.28. The lowest BCUT2D eigenvalue weighted by atomic mass is 9.93. The molecule has 0 heterocycles. The summed E-state index contributed by atoms with van der Waals surface area (Å²) < 4.78 is 0. The Bertz CT molecular complexity index is 302. The molecule has 1 N–H and O–H groups in total. The van der Waals surface area contributed by atoms with E-state index >= 15 is 0 Å². The molecule has 0 amide bonds. The third-order valence-corrected chi connectivity index (χ3v) is 3.46. The van der Waals surface area contributed by atoms with Crippen molar-refractivity contribution < 1.29 is 5.11 Å². The molecule has 0 saturated carbocycles. The van der Waals surface area contributed by atoms with E-state index < -0.39 is 0 Å². The Morgan fingerprint density at radius 3 is 2.29 bits per heavy atom. The van der Waals surface area contributed by atoms with Crippen molar-refractivity contribution in [3.05, 3.63) is 35.4 Å². The lowest BCUT2D eigenvalue weighted by molar-refractivity contribution is 0.153. The van der Waals surface area contributed by atoms with Crippen LogP contribution in [0.15, 0.2) is 24.3 Å². The third kappa shape index (κ3) is 4.91. The smallest absolute Gasteiger partial charge is 0.0543 e. The van der Waals surface area contributed by atoms with E-state index in [1.165, 1.54) is 30.4 Å². The van der Waals surface area contributed by atoms with Crippen LogP contribution in [-0.4, -0.2) is 11.2 Å². The van der Waals surface area contributed by atoms with Crippen molar-refractivity contribution in [1.82, 2.24) is 0 Å². The van der Waals surface area contributed by atoms with E-state index in [0.717, 1.165) is 12.8 Å². The summed E-state index contributed by atoms with van der Waals surface area (Å²) >= 11 is 0. The van der Waals surface area contributed by atoms with Crippen LogP contribution < -0.4 is 0 Å². The first kappa shape index (κ1) is 14.2. The quantitative estimate of drug-likeness (QED) is 0.746. The zero-order valence-electron chi connectivity index (χ0n) is 11.4. The fourth-order valence-electron chi connectivity index (χ4n) is 2.10. The van der Waals surface area contributed by atoms with E-state index in [1.54, 1.807) is 0 Å². The minimum atomic E-state index is -0.162. The molecule has 1 aromatic rings. The van der Waals surface area contributed by atoms with Crippen LogP contribution in [0.5, 0.6) is 0 Å². The summed E-state index contributed by atoms with van der Waals surface area (Å²) in [6, 6.07) is 8.91. The second-order valence-electron chi connectivity index (χ2n) is 5.04. The largest absolute Gasteiger partial charge is 0.393 e. The summed E-state index contributed by atoms with van der Waals surface area (Å²) in [7, 11) is 0. The van der Waals surface area contributed by atoms with Crippen molar-refractivity contribution in [2.45, 2.75) is 64.9 Å². The second-order valence-corrected chi connectivity index (χ2v) is 5.04. The fourth-order valence-corrected chi connectivity index (χ4v) is 2.10. The van der Waals surface area contributed by atoms with Gasteiger partial charge in [-0.05, 0) is 42.7 Å². The molecule has 0 aromatic heterocycles.